The fraction of sp³-hybridized carbons (Fsp3) is 0.391. The third-order valence-corrected chi connectivity index (χ3v) is 7.21. The number of halogens is 2. The number of nitrogens with two attached hydrogens (primary N) is 1. The quantitative estimate of drug-likeness (QED) is 0.616. The number of piperidine rings is 1. The molecular formula is C23H24F2N4O2S. The zero-order valence-electron chi connectivity index (χ0n) is 17.7. The summed E-state index contributed by atoms with van der Waals surface area (Å²) in [6.07, 6.45) is 0.367. The van der Waals surface area contributed by atoms with E-state index in [4.69, 9.17) is 10.5 Å². The predicted molar refractivity (Wildman–Crippen MR) is 122 cm³/mol. The highest BCUT2D eigenvalue weighted by atomic mass is 32.1. The number of alkyl halides is 2. The van der Waals surface area contributed by atoms with Crippen molar-refractivity contribution in [1.82, 2.24) is 10.3 Å². The van der Waals surface area contributed by atoms with Gasteiger partial charge in [0.15, 0.2) is 0 Å². The fourth-order valence-corrected chi connectivity index (χ4v) is 5.29. The van der Waals surface area contributed by atoms with Crippen molar-refractivity contribution in [3.8, 4) is 5.75 Å². The molecule has 3 aromatic rings. The van der Waals surface area contributed by atoms with Gasteiger partial charge in [0.1, 0.15) is 22.1 Å². The molecule has 1 fully saturated rings. The Morgan fingerprint density at radius 3 is 2.84 bits per heavy atom. The largest absolute Gasteiger partial charge is 0.491 e. The van der Waals surface area contributed by atoms with Crippen molar-refractivity contribution in [2.75, 3.05) is 30.3 Å². The van der Waals surface area contributed by atoms with E-state index in [1.807, 2.05) is 42.2 Å². The number of nitrogens with one attached hydrogen (secondary N) is 1. The molecule has 1 atom stereocenters. The first-order valence-electron chi connectivity index (χ1n) is 10.6. The number of carbonyl (C=O) groups excluding carboxylic acids is 1. The number of amides is 1. The van der Waals surface area contributed by atoms with Gasteiger partial charge in [0.25, 0.3) is 11.8 Å². The molecule has 9 heteroatoms. The lowest BCUT2D eigenvalue weighted by Gasteiger charge is -2.34. The monoisotopic (exact) mass is 458 g/mol. The predicted octanol–water partition coefficient (Wildman–Crippen LogP) is 4.16. The Kier molecular flexibility index (Phi) is 5.16. The first-order valence-corrected chi connectivity index (χ1v) is 11.5. The molecule has 3 N–H and O–H groups in total. The van der Waals surface area contributed by atoms with E-state index in [1.54, 1.807) is 0 Å². The van der Waals surface area contributed by atoms with Crippen molar-refractivity contribution in [3.05, 3.63) is 46.5 Å². The zero-order valence-corrected chi connectivity index (χ0v) is 18.5. The fourth-order valence-electron chi connectivity index (χ4n) is 4.25. The molecule has 0 saturated carbocycles. The van der Waals surface area contributed by atoms with Crippen molar-refractivity contribution in [3.63, 3.8) is 0 Å². The lowest BCUT2D eigenvalue weighted by molar-refractivity contribution is -0.0220. The Morgan fingerprint density at radius 2 is 2.06 bits per heavy atom. The van der Waals surface area contributed by atoms with E-state index >= 15 is 0 Å². The van der Waals surface area contributed by atoms with Crippen LogP contribution in [0.25, 0.3) is 10.2 Å². The molecule has 4 heterocycles. The average molecular weight is 459 g/mol. The maximum absolute atomic E-state index is 13.4. The van der Waals surface area contributed by atoms with E-state index in [0.717, 1.165) is 32.9 Å². The summed E-state index contributed by atoms with van der Waals surface area (Å²) in [5, 5.41) is 3.82. The van der Waals surface area contributed by atoms with E-state index in [0.29, 0.717) is 36.7 Å². The maximum atomic E-state index is 13.4. The zero-order chi connectivity index (χ0) is 22.5. The van der Waals surface area contributed by atoms with E-state index < -0.39 is 5.92 Å². The molecule has 6 nitrogen and oxygen atoms in total. The van der Waals surface area contributed by atoms with E-state index in [1.165, 1.54) is 11.3 Å². The summed E-state index contributed by atoms with van der Waals surface area (Å²) in [4.78, 5) is 20.5. The van der Waals surface area contributed by atoms with Crippen LogP contribution >= 0.6 is 11.3 Å². The lowest BCUT2D eigenvalue weighted by Crippen LogP contribution is -2.43. The highest BCUT2D eigenvalue weighted by Crippen LogP contribution is 2.35. The Bertz CT molecular complexity index is 1190. The second kappa shape index (κ2) is 7.88. The molecular weight excluding hydrogens is 434 g/mol. The van der Waals surface area contributed by atoms with Gasteiger partial charge in [-0.05, 0) is 37.1 Å². The second-order valence-corrected chi connectivity index (χ2v) is 9.47. The van der Waals surface area contributed by atoms with Crippen LogP contribution in [0.4, 0.5) is 20.2 Å². The molecule has 5 rings (SSSR count). The van der Waals surface area contributed by atoms with Gasteiger partial charge in [-0.15, -0.1) is 11.3 Å². The van der Waals surface area contributed by atoms with Crippen LogP contribution in [0.2, 0.25) is 0 Å². The molecule has 0 bridgehead atoms. The number of anilines is 2. The van der Waals surface area contributed by atoms with Crippen LogP contribution in [0.3, 0.4) is 0 Å². The van der Waals surface area contributed by atoms with Gasteiger partial charge < -0.3 is 20.7 Å². The summed E-state index contributed by atoms with van der Waals surface area (Å²) in [6, 6.07) is 9.39. The number of benzene rings is 1. The first-order chi connectivity index (χ1) is 15.3. The average Bonchev–Trinajstić information content (AvgIpc) is 3.09. The van der Waals surface area contributed by atoms with Gasteiger partial charge in [-0.1, -0.05) is 6.07 Å². The van der Waals surface area contributed by atoms with Gasteiger partial charge >= 0.3 is 0 Å². The van der Waals surface area contributed by atoms with E-state index in [2.05, 4.69) is 10.3 Å². The molecule has 1 aromatic carbocycles. The number of aromatic nitrogens is 1. The summed E-state index contributed by atoms with van der Waals surface area (Å²) in [5.41, 5.74) is 9.40. The number of carbonyl (C=O) groups is 1. The molecule has 1 saturated heterocycles. The number of pyridine rings is 1. The number of hydrogen-bond donors (Lipinski definition) is 2. The maximum Gasteiger partial charge on any atom is 0.263 e. The summed E-state index contributed by atoms with van der Waals surface area (Å²) in [6.45, 7) is 2.89. The summed E-state index contributed by atoms with van der Waals surface area (Å²) in [5.74, 6) is -2.06. The number of ether oxygens (including phenoxy) is 1. The topological polar surface area (TPSA) is 80.5 Å². The molecule has 2 aliphatic heterocycles. The van der Waals surface area contributed by atoms with Crippen molar-refractivity contribution in [2.24, 2.45) is 0 Å². The molecule has 0 spiro atoms. The minimum atomic E-state index is -2.57. The Morgan fingerprint density at radius 1 is 1.28 bits per heavy atom. The lowest BCUT2D eigenvalue weighted by atomic mass is 10.0. The third kappa shape index (κ3) is 3.97. The second-order valence-electron chi connectivity index (χ2n) is 8.47. The Balaban J connectivity index is 1.27. The van der Waals surface area contributed by atoms with E-state index in [-0.39, 0.29) is 24.8 Å². The van der Waals surface area contributed by atoms with Crippen LogP contribution in [-0.4, -0.2) is 42.6 Å². The molecule has 0 radical (unpaired) electrons. The SMILES string of the molecule is Cc1ccc2c(N)c(C(=O)N[C@H]3COc4cc(N5CCC(F)(F)CC5)ccc4C3)sc2n1. The molecule has 2 aliphatic rings. The highest BCUT2D eigenvalue weighted by Gasteiger charge is 2.34. The summed E-state index contributed by atoms with van der Waals surface area (Å²) in [7, 11) is 0. The Hall–Kier alpha value is -2.94. The van der Waals surface area contributed by atoms with Crippen LogP contribution in [0.5, 0.6) is 5.75 Å². The van der Waals surface area contributed by atoms with Gasteiger partial charge in [0.2, 0.25) is 0 Å². The van der Waals surface area contributed by atoms with Crippen LogP contribution in [-0.2, 0) is 6.42 Å². The van der Waals surface area contributed by atoms with Gasteiger partial charge in [-0.3, -0.25) is 4.79 Å². The summed E-state index contributed by atoms with van der Waals surface area (Å²) < 4.78 is 32.8. The Labute approximate surface area is 188 Å². The van der Waals surface area contributed by atoms with Crippen LogP contribution in [0.1, 0.15) is 33.8 Å². The standard InChI is InChI=1S/C23H24F2N4O2S/c1-13-2-5-17-19(26)20(32-22(17)27-13)21(30)28-15-10-14-3-4-16(11-18(14)31-12-15)29-8-6-23(24,25)7-9-29/h2-5,11,15H,6-10,12,26H2,1H3,(H,28,30)/t15-/m1/s1. The van der Waals surface area contributed by atoms with Crippen LogP contribution < -0.4 is 20.7 Å². The molecule has 32 heavy (non-hydrogen) atoms. The van der Waals surface area contributed by atoms with Crippen molar-refractivity contribution < 1.29 is 18.3 Å². The van der Waals surface area contributed by atoms with Gasteiger partial charge in [-0.25, -0.2) is 13.8 Å². The number of fused-ring (bicyclic) bond motifs is 2. The van der Waals surface area contributed by atoms with Crippen LogP contribution in [0.15, 0.2) is 30.3 Å². The number of nitrogen functional groups attached to an aromatic ring is 1. The molecule has 2 aromatic heterocycles. The van der Waals surface area contributed by atoms with Gasteiger partial charge in [-0.2, -0.15) is 0 Å². The van der Waals surface area contributed by atoms with Crippen molar-refractivity contribution in [1.29, 1.82) is 0 Å². The first kappa shape index (κ1) is 20.9. The number of thiophene rings is 1. The minimum absolute atomic E-state index is 0.130. The number of hydrogen-bond acceptors (Lipinski definition) is 6. The number of nitrogens with zero attached hydrogens (tertiary/aromatic N) is 2. The molecule has 168 valence electrons. The normalized spacial score (nSPS) is 20.0. The molecule has 0 unspecified atom stereocenters. The number of rotatable bonds is 3. The molecule has 1 amide bonds. The van der Waals surface area contributed by atoms with Crippen molar-refractivity contribution >= 4 is 38.8 Å². The molecule has 0 aliphatic carbocycles. The van der Waals surface area contributed by atoms with Gasteiger partial charge in [0.05, 0.1) is 11.7 Å². The third-order valence-electron chi connectivity index (χ3n) is 6.09. The number of aryl methyl sites for hydroxylation is 1. The van der Waals surface area contributed by atoms with Crippen molar-refractivity contribution in [2.45, 2.75) is 38.2 Å². The summed E-state index contributed by atoms with van der Waals surface area (Å²) >= 11 is 1.29. The van der Waals surface area contributed by atoms with Gasteiger partial charge in [0, 0.05) is 48.8 Å². The minimum Gasteiger partial charge on any atom is -0.491 e. The highest BCUT2D eigenvalue weighted by molar-refractivity contribution is 7.21. The van der Waals surface area contributed by atoms with E-state index in [9.17, 15) is 13.6 Å². The smallest absolute Gasteiger partial charge is 0.263 e. The van der Waals surface area contributed by atoms with Crippen LogP contribution in [0, 0.1) is 6.92 Å².